The Morgan fingerprint density at radius 1 is 1.48 bits per heavy atom. The summed E-state index contributed by atoms with van der Waals surface area (Å²) in [4.78, 5) is 11.2. The first kappa shape index (κ1) is 16.7. The monoisotopic (exact) mass is 311 g/mol. The van der Waals surface area contributed by atoms with E-state index in [4.69, 9.17) is 19.9 Å². The van der Waals surface area contributed by atoms with Crippen LogP contribution in [-0.2, 0) is 9.53 Å². The summed E-state index contributed by atoms with van der Waals surface area (Å²) >= 11 is 4.63. The second-order valence-corrected chi connectivity index (χ2v) is 4.18. The molecule has 0 amide bonds. The van der Waals surface area contributed by atoms with E-state index in [1.54, 1.807) is 25.1 Å². The molecule has 0 aromatic heterocycles. The van der Waals surface area contributed by atoms with Crippen LogP contribution in [0.4, 0.5) is 0 Å². The van der Waals surface area contributed by atoms with E-state index in [2.05, 4.69) is 22.7 Å². The fraction of sp³-hybridized carbons (Fsp3) is 0.308. The summed E-state index contributed by atoms with van der Waals surface area (Å²) in [6.45, 7) is 1.86. The maximum absolute atomic E-state index is 11.2. The summed E-state index contributed by atoms with van der Waals surface area (Å²) in [5.41, 5.74) is 8.44. The van der Waals surface area contributed by atoms with E-state index in [-0.39, 0.29) is 11.7 Å². The number of carbonyl (C=O) groups is 1. The van der Waals surface area contributed by atoms with Crippen LogP contribution in [0.3, 0.4) is 0 Å². The number of nitrogens with one attached hydrogen (secondary N) is 1. The molecule has 0 saturated heterocycles. The van der Waals surface area contributed by atoms with Gasteiger partial charge in [-0.2, -0.15) is 5.10 Å². The first-order chi connectivity index (χ1) is 10.1. The van der Waals surface area contributed by atoms with E-state index in [0.717, 1.165) is 5.56 Å². The van der Waals surface area contributed by atoms with Gasteiger partial charge in [0.05, 0.1) is 19.9 Å². The van der Waals surface area contributed by atoms with Crippen molar-refractivity contribution in [1.29, 1.82) is 0 Å². The Balaban J connectivity index is 2.72. The van der Waals surface area contributed by atoms with Crippen molar-refractivity contribution in [1.82, 2.24) is 5.43 Å². The summed E-state index contributed by atoms with van der Waals surface area (Å²) in [5.74, 6) is 0.467. The standard InChI is InChI=1S/C13H17N3O4S/c1-3-19-12(17)8-20-10-5-4-9(6-11(10)18-2)7-15-16-13(14)21/h4-7H,3,8H2,1-2H3,(H3,14,16,21)/b15-7-. The number of ether oxygens (including phenoxy) is 3. The summed E-state index contributed by atoms with van der Waals surface area (Å²) in [6, 6.07) is 5.11. The van der Waals surface area contributed by atoms with E-state index in [1.165, 1.54) is 13.3 Å². The number of carbonyl (C=O) groups excluding carboxylic acids is 1. The van der Waals surface area contributed by atoms with Crippen LogP contribution in [0.5, 0.6) is 11.5 Å². The molecule has 1 aromatic rings. The van der Waals surface area contributed by atoms with Gasteiger partial charge in [0.15, 0.2) is 23.2 Å². The van der Waals surface area contributed by atoms with Gasteiger partial charge in [0, 0.05) is 0 Å². The van der Waals surface area contributed by atoms with E-state index in [1.807, 2.05) is 0 Å². The Labute approximate surface area is 128 Å². The lowest BCUT2D eigenvalue weighted by Crippen LogP contribution is -2.23. The molecular formula is C13H17N3O4S. The summed E-state index contributed by atoms with van der Waals surface area (Å²) in [7, 11) is 1.50. The van der Waals surface area contributed by atoms with Gasteiger partial charge in [-0.15, -0.1) is 0 Å². The van der Waals surface area contributed by atoms with Crippen LogP contribution in [0.1, 0.15) is 12.5 Å². The zero-order chi connectivity index (χ0) is 15.7. The predicted molar refractivity (Wildman–Crippen MR) is 82.6 cm³/mol. The average molecular weight is 311 g/mol. The first-order valence-corrected chi connectivity index (χ1v) is 6.52. The van der Waals surface area contributed by atoms with Gasteiger partial charge in [-0.25, -0.2) is 4.79 Å². The van der Waals surface area contributed by atoms with Gasteiger partial charge in [0.25, 0.3) is 0 Å². The SMILES string of the molecule is CCOC(=O)COc1ccc(/C=N\NC(N)=S)cc1OC. The highest BCUT2D eigenvalue weighted by molar-refractivity contribution is 7.80. The molecule has 0 aliphatic heterocycles. The molecule has 7 nitrogen and oxygen atoms in total. The molecule has 0 heterocycles. The Morgan fingerprint density at radius 3 is 2.86 bits per heavy atom. The van der Waals surface area contributed by atoms with Crippen molar-refractivity contribution >= 4 is 29.5 Å². The van der Waals surface area contributed by atoms with Crippen LogP contribution in [0.2, 0.25) is 0 Å². The van der Waals surface area contributed by atoms with Crippen LogP contribution >= 0.6 is 12.2 Å². The number of hydrogen-bond donors (Lipinski definition) is 2. The normalized spacial score (nSPS) is 10.2. The molecule has 8 heteroatoms. The van der Waals surface area contributed by atoms with Crippen LogP contribution in [0.15, 0.2) is 23.3 Å². The Hall–Kier alpha value is -2.35. The fourth-order valence-electron chi connectivity index (χ4n) is 1.39. The number of hydrogen-bond acceptors (Lipinski definition) is 6. The molecule has 0 atom stereocenters. The molecule has 3 N–H and O–H groups in total. The van der Waals surface area contributed by atoms with E-state index in [0.29, 0.717) is 18.1 Å². The lowest BCUT2D eigenvalue weighted by molar-refractivity contribution is -0.145. The number of methoxy groups -OCH3 is 1. The summed E-state index contributed by atoms with van der Waals surface area (Å²) in [5, 5.41) is 3.91. The maximum atomic E-state index is 11.2. The topological polar surface area (TPSA) is 95.2 Å². The summed E-state index contributed by atoms with van der Waals surface area (Å²) < 4.78 is 15.3. The number of nitrogens with zero attached hydrogens (tertiary/aromatic N) is 1. The van der Waals surface area contributed by atoms with Gasteiger partial charge in [0.2, 0.25) is 0 Å². The third-order valence-corrected chi connectivity index (χ3v) is 2.32. The second-order valence-electron chi connectivity index (χ2n) is 3.74. The zero-order valence-electron chi connectivity index (χ0n) is 11.8. The number of hydrazone groups is 1. The minimum absolute atomic E-state index is 0.0765. The number of thiocarbonyl (C=S) groups is 1. The van der Waals surface area contributed by atoms with Crippen molar-refractivity contribution in [3.05, 3.63) is 23.8 Å². The molecule has 1 rings (SSSR count). The van der Waals surface area contributed by atoms with Crippen LogP contribution in [0, 0.1) is 0 Å². The van der Waals surface area contributed by atoms with E-state index < -0.39 is 5.97 Å². The molecule has 0 aliphatic carbocycles. The van der Waals surface area contributed by atoms with Crippen molar-refractivity contribution in [3.63, 3.8) is 0 Å². The van der Waals surface area contributed by atoms with Crippen LogP contribution in [0.25, 0.3) is 0 Å². The van der Waals surface area contributed by atoms with Gasteiger partial charge < -0.3 is 19.9 Å². The fourth-order valence-corrected chi connectivity index (χ4v) is 1.45. The van der Waals surface area contributed by atoms with Crippen molar-refractivity contribution in [2.24, 2.45) is 10.8 Å². The smallest absolute Gasteiger partial charge is 0.344 e. The highest BCUT2D eigenvalue weighted by Crippen LogP contribution is 2.27. The predicted octanol–water partition coefficient (Wildman–Crippen LogP) is 0.804. The molecule has 0 saturated carbocycles. The van der Waals surface area contributed by atoms with Crippen molar-refractivity contribution in [2.45, 2.75) is 6.92 Å². The second kappa shape index (κ2) is 8.75. The molecular weight excluding hydrogens is 294 g/mol. The van der Waals surface area contributed by atoms with Gasteiger partial charge >= 0.3 is 5.97 Å². The van der Waals surface area contributed by atoms with Crippen LogP contribution in [-0.4, -0.2) is 37.6 Å². The zero-order valence-corrected chi connectivity index (χ0v) is 12.6. The number of rotatable bonds is 7. The van der Waals surface area contributed by atoms with E-state index >= 15 is 0 Å². The molecule has 114 valence electrons. The Kier molecular flexibility index (Phi) is 6.96. The summed E-state index contributed by atoms with van der Waals surface area (Å²) in [6.07, 6.45) is 1.52. The molecule has 0 aliphatic rings. The molecule has 1 aromatic carbocycles. The number of esters is 1. The molecule has 0 fully saturated rings. The van der Waals surface area contributed by atoms with Gasteiger partial charge in [-0.3, -0.25) is 5.43 Å². The quantitative estimate of drug-likeness (QED) is 0.333. The number of nitrogens with two attached hydrogens (primary N) is 1. The van der Waals surface area contributed by atoms with Gasteiger partial charge in [0.1, 0.15) is 0 Å². The first-order valence-electron chi connectivity index (χ1n) is 6.11. The number of benzene rings is 1. The van der Waals surface area contributed by atoms with Gasteiger partial charge in [-0.1, -0.05) is 0 Å². The Morgan fingerprint density at radius 2 is 2.24 bits per heavy atom. The Bertz CT molecular complexity index is 534. The third-order valence-electron chi connectivity index (χ3n) is 2.23. The molecule has 0 bridgehead atoms. The van der Waals surface area contributed by atoms with E-state index in [9.17, 15) is 4.79 Å². The molecule has 0 spiro atoms. The highest BCUT2D eigenvalue weighted by Gasteiger charge is 2.08. The maximum Gasteiger partial charge on any atom is 0.344 e. The minimum atomic E-state index is -0.439. The molecule has 0 unspecified atom stereocenters. The third kappa shape index (κ3) is 6.09. The lowest BCUT2D eigenvalue weighted by Gasteiger charge is -2.10. The average Bonchev–Trinajstić information content (AvgIpc) is 2.45. The van der Waals surface area contributed by atoms with Crippen LogP contribution < -0.4 is 20.6 Å². The highest BCUT2D eigenvalue weighted by atomic mass is 32.1. The van der Waals surface area contributed by atoms with Crippen molar-refractivity contribution < 1.29 is 19.0 Å². The van der Waals surface area contributed by atoms with Gasteiger partial charge in [-0.05, 0) is 42.9 Å². The lowest BCUT2D eigenvalue weighted by atomic mass is 10.2. The molecule has 0 radical (unpaired) electrons. The van der Waals surface area contributed by atoms with Crippen molar-refractivity contribution in [2.75, 3.05) is 20.3 Å². The molecule has 21 heavy (non-hydrogen) atoms. The largest absolute Gasteiger partial charge is 0.493 e. The minimum Gasteiger partial charge on any atom is -0.493 e. The van der Waals surface area contributed by atoms with Crippen molar-refractivity contribution in [3.8, 4) is 11.5 Å².